The second-order valence-electron chi connectivity index (χ2n) is 6.39. The molecule has 1 aromatic carbocycles. The summed E-state index contributed by atoms with van der Waals surface area (Å²) in [5.41, 5.74) is 0.807. The maximum absolute atomic E-state index is 12.0. The molecule has 138 valence electrons. The molecule has 0 aliphatic carbocycles. The quantitative estimate of drug-likeness (QED) is 0.736. The first-order valence-electron chi connectivity index (χ1n) is 7.93. The largest absolute Gasteiger partial charge is 0.224 e. The summed E-state index contributed by atoms with van der Waals surface area (Å²) >= 11 is 1.45. The predicted molar refractivity (Wildman–Crippen MR) is 103 cm³/mol. The highest BCUT2D eigenvalue weighted by molar-refractivity contribution is 7.90. The van der Waals surface area contributed by atoms with Gasteiger partial charge < -0.3 is 0 Å². The highest BCUT2D eigenvalue weighted by atomic mass is 32.2. The van der Waals surface area contributed by atoms with E-state index in [1.165, 1.54) is 17.6 Å². The highest BCUT2D eigenvalue weighted by Gasteiger charge is 2.13. The van der Waals surface area contributed by atoms with E-state index in [0.29, 0.717) is 12.3 Å². The van der Waals surface area contributed by atoms with Gasteiger partial charge in [-0.15, -0.1) is 11.3 Å². The van der Waals surface area contributed by atoms with E-state index in [0.717, 1.165) is 15.3 Å². The van der Waals surface area contributed by atoms with Crippen LogP contribution in [0.4, 0.5) is 0 Å². The summed E-state index contributed by atoms with van der Waals surface area (Å²) in [5, 5.41) is 0. The SMILES string of the molecule is CC(C)CCS(=O)(=O)NCc1ccc(-c2cccc(S(C)(=O)=O)c2)s1. The number of rotatable bonds is 8. The fourth-order valence-corrected chi connectivity index (χ4v) is 5.16. The Morgan fingerprint density at radius 1 is 1.08 bits per heavy atom. The lowest BCUT2D eigenvalue weighted by Gasteiger charge is -2.07. The number of sulfonamides is 1. The number of hydrogen-bond acceptors (Lipinski definition) is 5. The number of benzene rings is 1. The van der Waals surface area contributed by atoms with Gasteiger partial charge >= 0.3 is 0 Å². The fraction of sp³-hybridized carbons (Fsp3) is 0.412. The Labute approximate surface area is 154 Å². The normalized spacial score (nSPS) is 12.6. The van der Waals surface area contributed by atoms with Crippen LogP contribution in [0.25, 0.3) is 10.4 Å². The molecule has 0 aliphatic rings. The average Bonchev–Trinajstić information content (AvgIpc) is 3.00. The molecule has 0 aliphatic heterocycles. The van der Waals surface area contributed by atoms with E-state index in [9.17, 15) is 16.8 Å². The van der Waals surface area contributed by atoms with Crippen LogP contribution in [0.15, 0.2) is 41.3 Å². The maximum atomic E-state index is 12.0. The first-order valence-corrected chi connectivity index (χ1v) is 12.3. The summed E-state index contributed by atoms with van der Waals surface area (Å²) in [6.07, 6.45) is 1.81. The van der Waals surface area contributed by atoms with E-state index in [4.69, 9.17) is 0 Å². The van der Waals surface area contributed by atoms with Crippen molar-refractivity contribution in [3.8, 4) is 10.4 Å². The molecule has 0 fully saturated rings. The van der Waals surface area contributed by atoms with Gasteiger partial charge in [0.15, 0.2) is 9.84 Å². The van der Waals surface area contributed by atoms with Gasteiger partial charge in [0.1, 0.15) is 0 Å². The van der Waals surface area contributed by atoms with Gasteiger partial charge in [0, 0.05) is 22.6 Å². The second kappa shape index (κ2) is 7.99. The van der Waals surface area contributed by atoms with Gasteiger partial charge in [0.25, 0.3) is 0 Å². The van der Waals surface area contributed by atoms with Crippen LogP contribution in [0, 0.1) is 5.92 Å². The number of thiophene rings is 1. The lowest BCUT2D eigenvalue weighted by molar-refractivity contribution is 0.562. The zero-order chi connectivity index (χ0) is 18.7. The van der Waals surface area contributed by atoms with Crippen molar-refractivity contribution in [3.63, 3.8) is 0 Å². The highest BCUT2D eigenvalue weighted by Crippen LogP contribution is 2.29. The molecule has 0 bridgehead atoms. The molecule has 2 rings (SSSR count). The molecule has 0 saturated heterocycles. The number of sulfone groups is 1. The van der Waals surface area contributed by atoms with Gasteiger partial charge in [-0.3, -0.25) is 0 Å². The molecular formula is C17H23NO4S3. The molecule has 1 heterocycles. The number of hydrogen-bond donors (Lipinski definition) is 1. The van der Waals surface area contributed by atoms with Crippen molar-refractivity contribution in [2.45, 2.75) is 31.7 Å². The van der Waals surface area contributed by atoms with E-state index in [1.54, 1.807) is 18.2 Å². The minimum Gasteiger partial charge on any atom is -0.224 e. The first kappa shape index (κ1) is 20.1. The third-order valence-electron chi connectivity index (χ3n) is 3.64. The summed E-state index contributed by atoms with van der Waals surface area (Å²) in [6.45, 7) is 4.23. The minimum atomic E-state index is -3.28. The van der Waals surface area contributed by atoms with Crippen LogP contribution in [0.5, 0.6) is 0 Å². The van der Waals surface area contributed by atoms with Crippen LogP contribution in [0.1, 0.15) is 25.1 Å². The smallest absolute Gasteiger partial charge is 0.211 e. The van der Waals surface area contributed by atoms with Crippen LogP contribution < -0.4 is 4.72 Å². The molecule has 25 heavy (non-hydrogen) atoms. The zero-order valence-corrected chi connectivity index (χ0v) is 17.0. The Hall–Kier alpha value is -1.22. The van der Waals surface area contributed by atoms with Crippen molar-refractivity contribution >= 4 is 31.2 Å². The molecule has 2 aromatic rings. The molecular weight excluding hydrogens is 378 g/mol. The van der Waals surface area contributed by atoms with Crippen molar-refractivity contribution in [1.29, 1.82) is 0 Å². The Balaban J connectivity index is 2.08. The average molecular weight is 402 g/mol. The Bertz CT molecular complexity index is 928. The molecule has 0 saturated carbocycles. The first-order chi connectivity index (χ1) is 11.6. The zero-order valence-electron chi connectivity index (χ0n) is 14.5. The predicted octanol–water partition coefficient (Wildman–Crippen LogP) is 3.28. The summed E-state index contributed by atoms with van der Waals surface area (Å²) in [4.78, 5) is 2.06. The van der Waals surface area contributed by atoms with E-state index in [2.05, 4.69) is 4.72 Å². The molecule has 8 heteroatoms. The summed E-state index contributed by atoms with van der Waals surface area (Å²) < 4.78 is 49.9. The molecule has 0 atom stereocenters. The summed E-state index contributed by atoms with van der Waals surface area (Å²) in [7, 11) is -6.54. The van der Waals surface area contributed by atoms with Gasteiger partial charge in [-0.1, -0.05) is 26.0 Å². The second-order valence-corrected chi connectivity index (χ2v) is 11.5. The summed E-state index contributed by atoms with van der Waals surface area (Å²) in [5.74, 6) is 0.464. The maximum Gasteiger partial charge on any atom is 0.211 e. The molecule has 1 aromatic heterocycles. The van der Waals surface area contributed by atoms with E-state index in [1.807, 2.05) is 32.0 Å². The minimum absolute atomic E-state index is 0.124. The summed E-state index contributed by atoms with van der Waals surface area (Å²) in [6, 6.07) is 10.5. The third-order valence-corrected chi connectivity index (χ3v) is 7.24. The van der Waals surface area contributed by atoms with Crippen LogP contribution in [0.3, 0.4) is 0 Å². The van der Waals surface area contributed by atoms with Gasteiger partial charge in [0.2, 0.25) is 10.0 Å². The topological polar surface area (TPSA) is 80.3 Å². The lowest BCUT2D eigenvalue weighted by atomic mass is 10.2. The molecule has 0 radical (unpaired) electrons. The van der Waals surface area contributed by atoms with Gasteiger partial charge in [-0.2, -0.15) is 0 Å². The van der Waals surface area contributed by atoms with Gasteiger partial charge in [0.05, 0.1) is 10.6 Å². The Morgan fingerprint density at radius 3 is 2.44 bits per heavy atom. The van der Waals surface area contributed by atoms with E-state index in [-0.39, 0.29) is 17.2 Å². The van der Waals surface area contributed by atoms with Crippen LogP contribution in [-0.2, 0) is 26.4 Å². The van der Waals surface area contributed by atoms with Crippen molar-refractivity contribution in [1.82, 2.24) is 4.72 Å². The van der Waals surface area contributed by atoms with Crippen molar-refractivity contribution in [2.24, 2.45) is 5.92 Å². The fourth-order valence-electron chi connectivity index (χ4n) is 2.15. The Morgan fingerprint density at radius 2 is 1.80 bits per heavy atom. The molecule has 5 nitrogen and oxygen atoms in total. The molecule has 0 unspecified atom stereocenters. The monoisotopic (exact) mass is 401 g/mol. The Kier molecular flexibility index (Phi) is 6.42. The third kappa shape index (κ3) is 6.22. The van der Waals surface area contributed by atoms with Crippen LogP contribution >= 0.6 is 11.3 Å². The lowest BCUT2D eigenvalue weighted by Crippen LogP contribution is -2.26. The van der Waals surface area contributed by atoms with Crippen molar-refractivity contribution in [3.05, 3.63) is 41.3 Å². The molecule has 0 spiro atoms. The van der Waals surface area contributed by atoms with Gasteiger partial charge in [-0.05, 0) is 42.2 Å². The number of nitrogens with one attached hydrogen (secondary N) is 1. The molecule has 1 N–H and O–H groups in total. The van der Waals surface area contributed by atoms with E-state index < -0.39 is 19.9 Å². The van der Waals surface area contributed by atoms with Crippen LogP contribution in [-0.4, -0.2) is 28.8 Å². The van der Waals surface area contributed by atoms with Crippen molar-refractivity contribution < 1.29 is 16.8 Å². The van der Waals surface area contributed by atoms with Crippen molar-refractivity contribution in [2.75, 3.05) is 12.0 Å². The van der Waals surface area contributed by atoms with Crippen LogP contribution in [0.2, 0.25) is 0 Å². The van der Waals surface area contributed by atoms with E-state index >= 15 is 0 Å². The van der Waals surface area contributed by atoms with Gasteiger partial charge in [-0.25, -0.2) is 21.6 Å². The molecule has 0 amide bonds. The standard InChI is InChI=1S/C17H23NO4S3/c1-13(2)9-10-25(21,22)18-12-15-7-8-17(23-15)14-5-4-6-16(11-14)24(3,19)20/h4-8,11,13,18H,9-10,12H2,1-3H3.